The second-order valence-electron chi connectivity index (χ2n) is 4.32. The van der Waals surface area contributed by atoms with Crippen molar-refractivity contribution < 1.29 is 47.5 Å². The van der Waals surface area contributed by atoms with Crippen molar-refractivity contribution in [3.8, 4) is 0 Å². The molecule has 0 saturated carbocycles. The summed E-state index contributed by atoms with van der Waals surface area (Å²) in [7, 11) is 6.06. The highest BCUT2D eigenvalue weighted by atomic mass is 127. The Labute approximate surface area is 114 Å². The summed E-state index contributed by atoms with van der Waals surface area (Å²) in [6, 6.07) is 0. The summed E-state index contributed by atoms with van der Waals surface area (Å²) in [5.41, 5.74) is 0. The molecule has 0 atom stereocenters. The molecule has 96 valence electrons. The van der Waals surface area contributed by atoms with Gasteiger partial charge in [0.15, 0.2) is 0 Å². The van der Waals surface area contributed by atoms with Crippen LogP contribution in [0.15, 0.2) is 0 Å². The third kappa shape index (κ3) is 13.6. The van der Waals surface area contributed by atoms with Crippen LogP contribution in [0.5, 0.6) is 0 Å². The standard InChI is InChI=1S/C10H20NO4.HI/c1-9(12)14-7-5-10(13)15-8-6-11(2,3)4;/h5-8H2,1-4H3;1H/q+1;/p-1. The number of esters is 2. The van der Waals surface area contributed by atoms with Gasteiger partial charge in [-0.1, -0.05) is 0 Å². The second-order valence-corrected chi connectivity index (χ2v) is 4.32. The maximum atomic E-state index is 11.1. The lowest BCUT2D eigenvalue weighted by atomic mass is 10.4. The minimum absolute atomic E-state index is 0. The second kappa shape index (κ2) is 8.74. The number of halogens is 1. The largest absolute Gasteiger partial charge is 1.00 e. The number of carbonyl (C=O) groups is 2. The summed E-state index contributed by atoms with van der Waals surface area (Å²) in [5, 5.41) is 0. The molecule has 0 aromatic heterocycles. The van der Waals surface area contributed by atoms with E-state index in [9.17, 15) is 9.59 Å². The van der Waals surface area contributed by atoms with Gasteiger partial charge >= 0.3 is 11.9 Å². The predicted molar refractivity (Wildman–Crippen MR) is 55.1 cm³/mol. The van der Waals surface area contributed by atoms with E-state index in [1.165, 1.54) is 6.92 Å². The SMILES string of the molecule is CC(=O)OCCC(=O)OCC[N+](C)(C)C.[I-]. The Morgan fingerprint density at radius 1 is 1.06 bits per heavy atom. The van der Waals surface area contributed by atoms with Gasteiger partial charge in [-0.05, 0) is 0 Å². The lowest BCUT2D eigenvalue weighted by Crippen LogP contribution is -3.00. The van der Waals surface area contributed by atoms with Gasteiger partial charge in [-0.2, -0.15) is 0 Å². The molecule has 16 heavy (non-hydrogen) atoms. The van der Waals surface area contributed by atoms with Crippen LogP contribution in [0.1, 0.15) is 13.3 Å². The van der Waals surface area contributed by atoms with Crippen LogP contribution in [0.25, 0.3) is 0 Å². The first-order chi connectivity index (χ1) is 6.81. The van der Waals surface area contributed by atoms with E-state index in [0.717, 1.165) is 11.0 Å². The molecular formula is C10H20INO4. The third-order valence-electron chi connectivity index (χ3n) is 1.64. The number of likely N-dealkylation sites (N-methyl/N-ethyl adjacent to an activating group) is 1. The van der Waals surface area contributed by atoms with Crippen LogP contribution in [0.3, 0.4) is 0 Å². The molecule has 0 aromatic rings. The van der Waals surface area contributed by atoms with Crippen molar-refractivity contribution in [3.05, 3.63) is 0 Å². The summed E-state index contributed by atoms with van der Waals surface area (Å²) in [6.07, 6.45) is 0.122. The fourth-order valence-corrected chi connectivity index (χ4v) is 0.784. The van der Waals surface area contributed by atoms with Gasteiger partial charge in [-0.15, -0.1) is 0 Å². The van der Waals surface area contributed by atoms with Crippen molar-refractivity contribution >= 4 is 11.9 Å². The first kappa shape index (κ1) is 18.0. The smallest absolute Gasteiger partial charge is 0.309 e. The first-order valence-corrected chi connectivity index (χ1v) is 4.91. The zero-order valence-corrected chi connectivity index (χ0v) is 12.4. The Hall–Kier alpha value is -0.370. The molecule has 0 rings (SSSR count). The molecule has 6 heteroatoms. The van der Waals surface area contributed by atoms with E-state index in [0.29, 0.717) is 6.61 Å². The average Bonchev–Trinajstić information content (AvgIpc) is 2.00. The predicted octanol–water partition coefficient (Wildman–Crippen LogP) is -2.81. The molecule has 0 fully saturated rings. The van der Waals surface area contributed by atoms with Crippen LogP contribution < -0.4 is 24.0 Å². The Morgan fingerprint density at radius 3 is 2.06 bits per heavy atom. The molecule has 0 bridgehead atoms. The molecule has 0 aliphatic carbocycles. The fraction of sp³-hybridized carbons (Fsp3) is 0.800. The summed E-state index contributed by atoms with van der Waals surface area (Å²) in [4.78, 5) is 21.5. The van der Waals surface area contributed by atoms with E-state index in [4.69, 9.17) is 4.74 Å². The van der Waals surface area contributed by atoms with Crippen LogP contribution in [-0.4, -0.2) is 57.3 Å². The van der Waals surface area contributed by atoms with Crippen molar-refractivity contribution in [3.63, 3.8) is 0 Å². The molecule has 0 unspecified atom stereocenters. The van der Waals surface area contributed by atoms with Gasteiger partial charge in [-0.25, -0.2) is 0 Å². The number of rotatable bonds is 6. The number of nitrogens with zero attached hydrogens (tertiary/aromatic N) is 1. The van der Waals surface area contributed by atoms with Crippen LogP contribution in [0, 0.1) is 0 Å². The maximum Gasteiger partial charge on any atom is 0.309 e. The van der Waals surface area contributed by atoms with Gasteiger partial charge < -0.3 is 37.9 Å². The van der Waals surface area contributed by atoms with Gasteiger partial charge in [0.25, 0.3) is 0 Å². The van der Waals surface area contributed by atoms with E-state index in [1.807, 2.05) is 21.1 Å². The van der Waals surface area contributed by atoms with Crippen molar-refractivity contribution in [1.82, 2.24) is 0 Å². The zero-order chi connectivity index (χ0) is 11.9. The van der Waals surface area contributed by atoms with Crippen molar-refractivity contribution in [2.75, 3.05) is 40.9 Å². The summed E-state index contributed by atoms with van der Waals surface area (Å²) < 4.78 is 10.3. The molecule has 0 radical (unpaired) electrons. The molecule has 0 saturated heterocycles. The fourth-order valence-electron chi connectivity index (χ4n) is 0.784. The van der Waals surface area contributed by atoms with Gasteiger partial charge in [0.1, 0.15) is 19.8 Å². The van der Waals surface area contributed by atoms with Gasteiger partial charge in [0.2, 0.25) is 0 Å². The number of hydrogen-bond acceptors (Lipinski definition) is 4. The number of hydrogen-bond donors (Lipinski definition) is 0. The molecular weight excluding hydrogens is 325 g/mol. The van der Waals surface area contributed by atoms with Crippen LogP contribution >= 0.6 is 0 Å². The topological polar surface area (TPSA) is 52.6 Å². The highest BCUT2D eigenvalue weighted by Crippen LogP contribution is 1.93. The Bertz CT molecular complexity index is 225. The van der Waals surface area contributed by atoms with Crippen LogP contribution in [-0.2, 0) is 19.1 Å². The molecule has 0 aliphatic heterocycles. The lowest BCUT2D eigenvalue weighted by Gasteiger charge is -2.23. The quantitative estimate of drug-likeness (QED) is 0.296. The number of quaternary nitrogens is 1. The van der Waals surface area contributed by atoms with Gasteiger partial charge in [0, 0.05) is 6.92 Å². The summed E-state index contributed by atoms with van der Waals surface area (Å²) in [6.45, 7) is 2.56. The van der Waals surface area contributed by atoms with Crippen molar-refractivity contribution in [2.24, 2.45) is 0 Å². The van der Waals surface area contributed by atoms with Crippen LogP contribution in [0.2, 0.25) is 0 Å². The minimum atomic E-state index is -0.380. The van der Waals surface area contributed by atoms with E-state index in [-0.39, 0.29) is 48.9 Å². The van der Waals surface area contributed by atoms with Crippen molar-refractivity contribution in [2.45, 2.75) is 13.3 Å². The molecule has 0 aromatic carbocycles. The maximum absolute atomic E-state index is 11.1. The molecule has 5 nitrogen and oxygen atoms in total. The Morgan fingerprint density at radius 2 is 1.62 bits per heavy atom. The number of carbonyl (C=O) groups excluding carboxylic acids is 2. The van der Waals surface area contributed by atoms with Crippen LogP contribution in [0.4, 0.5) is 0 Å². The molecule has 0 spiro atoms. The Kier molecular flexibility index (Phi) is 9.84. The highest BCUT2D eigenvalue weighted by Gasteiger charge is 2.09. The summed E-state index contributed by atoms with van der Waals surface area (Å²) in [5.74, 6) is -0.709. The molecule has 0 heterocycles. The van der Waals surface area contributed by atoms with Gasteiger partial charge in [-0.3, -0.25) is 9.59 Å². The highest BCUT2D eigenvalue weighted by molar-refractivity contribution is 5.70. The van der Waals surface area contributed by atoms with E-state index < -0.39 is 0 Å². The third-order valence-corrected chi connectivity index (χ3v) is 1.64. The van der Waals surface area contributed by atoms with E-state index in [1.54, 1.807) is 0 Å². The first-order valence-electron chi connectivity index (χ1n) is 4.91. The zero-order valence-electron chi connectivity index (χ0n) is 10.3. The number of ether oxygens (including phenoxy) is 2. The Balaban J connectivity index is 0. The monoisotopic (exact) mass is 345 g/mol. The van der Waals surface area contributed by atoms with Crippen molar-refractivity contribution in [1.29, 1.82) is 0 Å². The average molecular weight is 345 g/mol. The molecule has 0 N–H and O–H groups in total. The van der Waals surface area contributed by atoms with Gasteiger partial charge in [0.05, 0.1) is 27.6 Å². The lowest BCUT2D eigenvalue weighted by molar-refractivity contribution is -0.870. The summed E-state index contributed by atoms with van der Waals surface area (Å²) >= 11 is 0. The molecule has 0 amide bonds. The normalized spacial score (nSPS) is 10.2. The van der Waals surface area contributed by atoms with E-state index in [2.05, 4.69) is 4.74 Å². The van der Waals surface area contributed by atoms with E-state index >= 15 is 0 Å². The molecule has 0 aliphatic rings. The minimum Gasteiger partial charge on any atom is -1.00 e.